The van der Waals surface area contributed by atoms with Gasteiger partial charge in [-0.05, 0) is 25.0 Å². The highest BCUT2D eigenvalue weighted by atomic mass is 16.5. The lowest BCUT2D eigenvalue weighted by atomic mass is 9.97. The Balaban J connectivity index is 1.99. The van der Waals surface area contributed by atoms with E-state index >= 15 is 0 Å². The van der Waals surface area contributed by atoms with Gasteiger partial charge in [-0.25, -0.2) is 4.99 Å². The van der Waals surface area contributed by atoms with Gasteiger partial charge in [0.25, 0.3) is 0 Å². The molecule has 1 heterocycles. The summed E-state index contributed by atoms with van der Waals surface area (Å²) in [5.74, 6) is 2.01. The summed E-state index contributed by atoms with van der Waals surface area (Å²) in [4.78, 5) is 9.05. The van der Waals surface area contributed by atoms with Crippen LogP contribution in [0.4, 0.5) is 0 Å². The molecular formula is C18H27N5O. The van der Waals surface area contributed by atoms with E-state index in [0.29, 0.717) is 24.8 Å². The van der Waals surface area contributed by atoms with Crippen molar-refractivity contribution < 1.29 is 4.52 Å². The summed E-state index contributed by atoms with van der Waals surface area (Å²) >= 11 is 0. The normalized spacial score (nSPS) is 12.3. The average molecular weight is 329 g/mol. The number of aryl methyl sites for hydroxylation is 1. The quantitative estimate of drug-likeness (QED) is 0.651. The molecule has 1 aromatic heterocycles. The van der Waals surface area contributed by atoms with Crippen molar-refractivity contribution in [3.8, 4) is 0 Å². The van der Waals surface area contributed by atoms with Crippen molar-refractivity contribution in [2.24, 2.45) is 4.99 Å². The summed E-state index contributed by atoms with van der Waals surface area (Å²) in [7, 11) is 0. The smallest absolute Gasteiger partial charge is 0.232 e. The van der Waals surface area contributed by atoms with Gasteiger partial charge in [0.15, 0.2) is 11.8 Å². The highest BCUT2D eigenvalue weighted by molar-refractivity contribution is 5.79. The van der Waals surface area contributed by atoms with Crippen molar-refractivity contribution in [3.05, 3.63) is 47.1 Å². The van der Waals surface area contributed by atoms with E-state index in [0.717, 1.165) is 12.5 Å². The molecule has 0 saturated carbocycles. The van der Waals surface area contributed by atoms with E-state index < -0.39 is 0 Å². The molecule has 0 amide bonds. The lowest BCUT2D eigenvalue weighted by Gasteiger charge is -2.11. The van der Waals surface area contributed by atoms with E-state index in [4.69, 9.17) is 4.52 Å². The number of nitrogens with one attached hydrogen (secondary N) is 2. The molecule has 6 nitrogen and oxygen atoms in total. The van der Waals surface area contributed by atoms with Crippen molar-refractivity contribution in [1.29, 1.82) is 0 Å². The van der Waals surface area contributed by atoms with E-state index in [1.54, 1.807) is 0 Å². The first-order valence-corrected chi connectivity index (χ1v) is 8.30. The summed E-state index contributed by atoms with van der Waals surface area (Å²) in [6.07, 6.45) is 0. The summed E-state index contributed by atoms with van der Waals surface area (Å²) in [5.41, 5.74) is 2.31. The Bertz CT molecular complexity index is 685. The van der Waals surface area contributed by atoms with Gasteiger partial charge in [-0.2, -0.15) is 4.98 Å². The van der Waals surface area contributed by atoms with Crippen molar-refractivity contribution in [3.63, 3.8) is 0 Å². The maximum absolute atomic E-state index is 5.30. The molecule has 0 aliphatic carbocycles. The molecule has 130 valence electrons. The van der Waals surface area contributed by atoms with Gasteiger partial charge in [-0.1, -0.05) is 50.2 Å². The van der Waals surface area contributed by atoms with Crippen molar-refractivity contribution in [1.82, 2.24) is 20.8 Å². The number of hydrogen-bond acceptors (Lipinski definition) is 4. The van der Waals surface area contributed by atoms with Crippen LogP contribution in [0.2, 0.25) is 0 Å². The summed E-state index contributed by atoms with van der Waals surface area (Å²) < 4.78 is 5.30. The molecule has 0 unspecified atom stereocenters. The van der Waals surface area contributed by atoms with E-state index in [2.05, 4.69) is 44.8 Å². The first-order valence-electron chi connectivity index (χ1n) is 8.30. The number of aromatic nitrogens is 2. The third kappa shape index (κ3) is 5.08. The fraction of sp³-hybridized carbons (Fsp3) is 0.500. The minimum atomic E-state index is -0.144. The lowest BCUT2D eigenvalue weighted by molar-refractivity contribution is 0.318. The van der Waals surface area contributed by atoms with Crippen LogP contribution in [0.3, 0.4) is 0 Å². The van der Waals surface area contributed by atoms with Gasteiger partial charge in [0.05, 0.1) is 13.1 Å². The second kappa shape index (κ2) is 7.95. The van der Waals surface area contributed by atoms with E-state index in [1.165, 1.54) is 11.1 Å². The Morgan fingerprint density at radius 3 is 2.58 bits per heavy atom. The molecular weight excluding hydrogens is 302 g/mol. The van der Waals surface area contributed by atoms with Gasteiger partial charge in [-0.3, -0.25) is 0 Å². The first kappa shape index (κ1) is 18.0. The Labute approximate surface area is 143 Å². The van der Waals surface area contributed by atoms with E-state index in [9.17, 15) is 0 Å². The zero-order chi connectivity index (χ0) is 17.6. The number of benzene rings is 1. The molecule has 0 atom stereocenters. The zero-order valence-electron chi connectivity index (χ0n) is 15.2. The number of nitrogens with zero attached hydrogens (tertiary/aromatic N) is 3. The van der Waals surface area contributed by atoms with Gasteiger partial charge in [-0.15, -0.1) is 0 Å². The Morgan fingerprint density at radius 1 is 1.21 bits per heavy atom. The SMILES string of the molecule is CCNC(=NCc1ccccc1C)NCc1noc(C(C)(C)C)n1. The van der Waals surface area contributed by atoms with Crippen molar-refractivity contribution >= 4 is 5.96 Å². The first-order chi connectivity index (χ1) is 11.4. The fourth-order valence-electron chi connectivity index (χ4n) is 2.09. The summed E-state index contributed by atoms with van der Waals surface area (Å²) in [6.45, 7) is 12.2. The molecule has 0 bridgehead atoms. The number of rotatable bonds is 5. The zero-order valence-corrected chi connectivity index (χ0v) is 15.2. The standard InChI is InChI=1S/C18H27N5O/c1-6-19-17(20-11-14-10-8-7-9-13(14)2)21-12-15-22-16(24-23-15)18(3,4)5/h7-10H,6,11-12H2,1-5H3,(H2,19,20,21). The lowest BCUT2D eigenvalue weighted by Crippen LogP contribution is -2.37. The molecule has 2 aromatic rings. The molecule has 6 heteroatoms. The van der Waals surface area contributed by atoms with Crippen LogP contribution >= 0.6 is 0 Å². The van der Waals surface area contributed by atoms with Crippen molar-refractivity contribution in [2.75, 3.05) is 6.54 Å². The van der Waals surface area contributed by atoms with Crippen LogP contribution in [-0.4, -0.2) is 22.6 Å². The predicted molar refractivity (Wildman–Crippen MR) is 95.8 cm³/mol. The molecule has 1 aromatic carbocycles. The van der Waals surface area contributed by atoms with Crippen LogP contribution in [0.1, 0.15) is 50.5 Å². The van der Waals surface area contributed by atoms with Gasteiger partial charge in [0.1, 0.15) is 0 Å². The minimum Gasteiger partial charge on any atom is -0.357 e. The second-order valence-corrected chi connectivity index (χ2v) is 6.74. The van der Waals surface area contributed by atoms with Crippen LogP contribution in [0.5, 0.6) is 0 Å². The molecule has 2 rings (SSSR count). The molecule has 0 spiro atoms. The third-order valence-electron chi connectivity index (χ3n) is 3.54. The summed E-state index contributed by atoms with van der Waals surface area (Å²) in [5, 5.41) is 10.5. The molecule has 2 N–H and O–H groups in total. The highest BCUT2D eigenvalue weighted by Gasteiger charge is 2.21. The van der Waals surface area contributed by atoms with Crippen LogP contribution in [-0.2, 0) is 18.5 Å². The van der Waals surface area contributed by atoms with Crippen LogP contribution in [0, 0.1) is 6.92 Å². The number of hydrogen-bond donors (Lipinski definition) is 2. The van der Waals surface area contributed by atoms with E-state index in [1.807, 2.05) is 39.8 Å². The summed E-state index contributed by atoms with van der Waals surface area (Å²) in [6, 6.07) is 8.26. The maximum atomic E-state index is 5.30. The number of guanidine groups is 1. The van der Waals surface area contributed by atoms with Crippen LogP contribution < -0.4 is 10.6 Å². The van der Waals surface area contributed by atoms with Crippen LogP contribution in [0.15, 0.2) is 33.8 Å². The van der Waals surface area contributed by atoms with Crippen LogP contribution in [0.25, 0.3) is 0 Å². The molecule has 0 aliphatic heterocycles. The van der Waals surface area contributed by atoms with Gasteiger partial charge >= 0.3 is 0 Å². The van der Waals surface area contributed by atoms with Gasteiger partial charge in [0, 0.05) is 12.0 Å². The van der Waals surface area contributed by atoms with Crippen molar-refractivity contribution in [2.45, 2.75) is 53.1 Å². The monoisotopic (exact) mass is 329 g/mol. The van der Waals surface area contributed by atoms with Gasteiger partial charge < -0.3 is 15.2 Å². The third-order valence-corrected chi connectivity index (χ3v) is 3.54. The molecule has 24 heavy (non-hydrogen) atoms. The maximum Gasteiger partial charge on any atom is 0.232 e. The Kier molecular flexibility index (Phi) is 5.95. The average Bonchev–Trinajstić information content (AvgIpc) is 3.00. The van der Waals surface area contributed by atoms with E-state index in [-0.39, 0.29) is 5.41 Å². The molecule has 0 fully saturated rings. The molecule has 0 aliphatic rings. The molecule has 0 saturated heterocycles. The topological polar surface area (TPSA) is 75.3 Å². The molecule has 0 radical (unpaired) electrons. The van der Waals surface area contributed by atoms with Gasteiger partial charge in [0.2, 0.25) is 5.89 Å². The fourth-order valence-corrected chi connectivity index (χ4v) is 2.09. The number of aliphatic imine (C=N–C) groups is 1. The minimum absolute atomic E-state index is 0.144. The largest absolute Gasteiger partial charge is 0.357 e. The predicted octanol–water partition coefficient (Wildman–Crippen LogP) is 2.93. The Hall–Kier alpha value is -2.37. The second-order valence-electron chi connectivity index (χ2n) is 6.74. The Morgan fingerprint density at radius 2 is 1.96 bits per heavy atom. The highest BCUT2D eigenvalue weighted by Crippen LogP contribution is 2.19.